The fraction of sp³-hybridized carbons (Fsp3) is 0.480. The molecule has 3 saturated carbocycles. The third-order valence-electron chi connectivity index (χ3n) is 7.92. The monoisotopic (exact) mass is 525 g/mol. The van der Waals surface area contributed by atoms with Gasteiger partial charge in [-0.2, -0.15) is 0 Å². The summed E-state index contributed by atoms with van der Waals surface area (Å²) in [6.45, 7) is 0. The van der Waals surface area contributed by atoms with Crippen molar-refractivity contribution in [2.24, 2.45) is 17.8 Å². The van der Waals surface area contributed by atoms with Crippen LogP contribution in [0.15, 0.2) is 41.3 Å². The van der Waals surface area contributed by atoms with E-state index in [1.54, 1.807) is 0 Å². The zero-order valence-corrected chi connectivity index (χ0v) is 20.3. The van der Waals surface area contributed by atoms with Gasteiger partial charge in [-0.05, 0) is 86.6 Å². The van der Waals surface area contributed by atoms with Crippen LogP contribution in [0.2, 0.25) is 5.02 Å². The summed E-state index contributed by atoms with van der Waals surface area (Å²) < 4.78 is 53.9. The molecular weight excluding hydrogens is 500 g/mol. The smallest absolute Gasteiger partial charge is 0.255 e. The van der Waals surface area contributed by atoms with Crippen LogP contribution in [0.1, 0.15) is 48.9 Å². The van der Waals surface area contributed by atoms with E-state index in [1.807, 2.05) is 0 Å². The number of nitrogens with one attached hydrogen (secondary N) is 1. The summed E-state index contributed by atoms with van der Waals surface area (Å²) in [6, 6.07) is 6.76. The molecule has 3 N–H and O–H groups in total. The topological polar surface area (TPSA) is 104 Å². The zero-order chi connectivity index (χ0) is 25.1. The molecule has 0 saturated heterocycles. The molecule has 2 bridgehead atoms. The van der Waals surface area contributed by atoms with E-state index < -0.39 is 44.3 Å². The van der Waals surface area contributed by atoms with Gasteiger partial charge in [-0.1, -0.05) is 11.6 Å². The average Bonchev–Trinajstić information content (AvgIpc) is 3.64. The van der Waals surface area contributed by atoms with Crippen molar-refractivity contribution in [1.82, 2.24) is 0 Å². The standard InChI is InChI=1S/C25H26ClF2NO5S/c26-19-7-3-14(24(31)29-17-6-8-20(27)21(28)12-17)9-22(19)35(33,34)18-10-15-4-5-16(11-18)25(15,32)23(30)13-1-2-13/h3,6-9,12-13,15-16,18,23,30,32H,1-2,4-5,10-11H2,(H,29,31)/t15-,16+,18?,23?,25?. The van der Waals surface area contributed by atoms with Crippen molar-refractivity contribution in [2.45, 2.75) is 60.4 Å². The normalized spacial score (nSPS) is 29.1. The van der Waals surface area contributed by atoms with Gasteiger partial charge in [-0.15, -0.1) is 0 Å². The number of hydrogen-bond acceptors (Lipinski definition) is 5. The van der Waals surface area contributed by atoms with E-state index in [2.05, 4.69) is 5.32 Å². The molecule has 188 valence electrons. The minimum absolute atomic E-state index is 0.00264. The number of carbonyl (C=O) groups excluding carboxylic acids is 1. The number of anilines is 1. The van der Waals surface area contributed by atoms with Gasteiger partial charge in [0.25, 0.3) is 5.91 Å². The molecule has 0 heterocycles. The lowest BCUT2D eigenvalue weighted by atomic mass is 9.70. The first-order chi connectivity index (χ1) is 16.5. The highest BCUT2D eigenvalue weighted by Crippen LogP contribution is 2.56. The van der Waals surface area contributed by atoms with Crippen LogP contribution >= 0.6 is 11.6 Å². The van der Waals surface area contributed by atoms with Crippen LogP contribution in [-0.4, -0.2) is 41.5 Å². The molecule has 3 unspecified atom stereocenters. The summed E-state index contributed by atoms with van der Waals surface area (Å²) in [7, 11) is -3.95. The van der Waals surface area contributed by atoms with Crippen LogP contribution in [0.3, 0.4) is 0 Å². The van der Waals surface area contributed by atoms with Crippen LogP contribution < -0.4 is 5.32 Å². The first-order valence-corrected chi connectivity index (χ1v) is 13.6. The van der Waals surface area contributed by atoms with Crippen LogP contribution in [0.5, 0.6) is 0 Å². The first kappa shape index (κ1) is 24.6. The molecule has 3 aliphatic carbocycles. The zero-order valence-electron chi connectivity index (χ0n) is 18.8. The van der Waals surface area contributed by atoms with Gasteiger partial charge in [0, 0.05) is 17.3 Å². The number of aliphatic hydroxyl groups excluding tert-OH is 1. The number of hydrogen-bond donors (Lipinski definition) is 3. The fourth-order valence-corrected chi connectivity index (χ4v) is 8.29. The molecule has 6 nitrogen and oxygen atoms in total. The van der Waals surface area contributed by atoms with Crippen LogP contribution in [0, 0.1) is 29.4 Å². The van der Waals surface area contributed by atoms with E-state index in [1.165, 1.54) is 24.3 Å². The first-order valence-electron chi connectivity index (χ1n) is 11.7. The maximum Gasteiger partial charge on any atom is 0.255 e. The second-order valence-corrected chi connectivity index (χ2v) is 12.6. The van der Waals surface area contributed by atoms with Crippen molar-refractivity contribution in [3.8, 4) is 0 Å². The highest BCUT2D eigenvalue weighted by atomic mass is 35.5. The van der Waals surface area contributed by atoms with E-state index in [9.17, 15) is 32.2 Å². The second-order valence-electron chi connectivity index (χ2n) is 10.0. The van der Waals surface area contributed by atoms with E-state index in [0.717, 1.165) is 25.0 Å². The maximum atomic E-state index is 13.6. The molecule has 5 rings (SSSR count). The Kier molecular flexibility index (Phi) is 6.19. The molecule has 2 aromatic carbocycles. The molecule has 1 amide bonds. The predicted octanol–water partition coefficient (Wildman–Crippen LogP) is 4.33. The third kappa shape index (κ3) is 4.26. The number of benzene rings is 2. The number of rotatable bonds is 6. The summed E-state index contributed by atoms with van der Waals surface area (Å²) in [5.74, 6) is -3.45. The molecule has 0 spiro atoms. The van der Waals surface area contributed by atoms with Crippen molar-refractivity contribution in [2.75, 3.05) is 5.32 Å². The SMILES string of the molecule is O=C(Nc1ccc(F)c(F)c1)c1ccc(Cl)c(S(=O)(=O)C2C[C@H]3CC[C@@H](C2)C3(O)C(O)C2CC2)c1. The fourth-order valence-electron chi connectivity index (χ4n) is 5.89. The molecular formula is C25H26ClF2NO5S. The van der Waals surface area contributed by atoms with E-state index in [4.69, 9.17) is 11.6 Å². The summed E-state index contributed by atoms with van der Waals surface area (Å²) in [5.41, 5.74) is -1.24. The average molecular weight is 526 g/mol. The summed E-state index contributed by atoms with van der Waals surface area (Å²) in [6.07, 6.45) is 2.64. The minimum Gasteiger partial charge on any atom is -0.390 e. The number of fused-ring (bicyclic) bond motifs is 2. The largest absolute Gasteiger partial charge is 0.390 e. The van der Waals surface area contributed by atoms with Crippen molar-refractivity contribution < 1.29 is 32.2 Å². The number of carbonyl (C=O) groups is 1. The lowest BCUT2D eigenvalue weighted by molar-refractivity contribution is -0.149. The summed E-state index contributed by atoms with van der Waals surface area (Å²) in [5, 5.41) is 23.7. The van der Waals surface area contributed by atoms with Gasteiger partial charge in [-0.25, -0.2) is 17.2 Å². The number of halogens is 3. The van der Waals surface area contributed by atoms with E-state index in [-0.39, 0.29) is 51.8 Å². The van der Waals surface area contributed by atoms with Gasteiger partial charge < -0.3 is 15.5 Å². The Morgan fingerprint density at radius 1 is 1.03 bits per heavy atom. The second kappa shape index (κ2) is 8.80. The van der Waals surface area contributed by atoms with Gasteiger partial charge >= 0.3 is 0 Å². The Balaban J connectivity index is 1.38. The van der Waals surface area contributed by atoms with E-state index in [0.29, 0.717) is 12.8 Å². The lowest BCUT2D eigenvalue weighted by Crippen LogP contribution is -2.56. The number of amides is 1. The predicted molar refractivity (Wildman–Crippen MR) is 126 cm³/mol. The molecule has 3 aliphatic rings. The Hall–Kier alpha value is -2.07. The van der Waals surface area contributed by atoms with Crippen LogP contribution in [-0.2, 0) is 9.84 Å². The van der Waals surface area contributed by atoms with Gasteiger partial charge in [0.1, 0.15) is 0 Å². The highest BCUT2D eigenvalue weighted by Gasteiger charge is 2.61. The molecule has 3 fully saturated rings. The van der Waals surface area contributed by atoms with Gasteiger partial charge in [0.05, 0.1) is 26.9 Å². The van der Waals surface area contributed by atoms with Crippen LogP contribution in [0.25, 0.3) is 0 Å². The Morgan fingerprint density at radius 2 is 1.69 bits per heavy atom. The third-order valence-corrected chi connectivity index (χ3v) is 10.6. The molecule has 35 heavy (non-hydrogen) atoms. The molecule has 0 radical (unpaired) electrons. The molecule has 5 atom stereocenters. The Morgan fingerprint density at radius 3 is 2.29 bits per heavy atom. The molecule has 10 heteroatoms. The van der Waals surface area contributed by atoms with Gasteiger partial charge in [0.15, 0.2) is 21.5 Å². The Labute approximate surface area is 207 Å². The van der Waals surface area contributed by atoms with Crippen LogP contribution in [0.4, 0.5) is 14.5 Å². The van der Waals surface area contributed by atoms with Crippen molar-refractivity contribution >= 4 is 33.0 Å². The van der Waals surface area contributed by atoms with Gasteiger partial charge in [0.2, 0.25) is 0 Å². The number of aliphatic hydroxyl groups is 2. The molecule has 0 aromatic heterocycles. The lowest BCUT2D eigenvalue weighted by Gasteiger charge is -2.45. The van der Waals surface area contributed by atoms with Gasteiger partial charge in [-0.3, -0.25) is 4.79 Å². The Bertz CT molecular complexity index is 1270. The molecule has 2 aromatic rings. The highest BCUT2D eigenvalue weighted by molar-refractivity contribution is 7.92. The number of sulfone groups is 1. The van der Waals surface area contributed by atoms with Crippen molar-refractivity contribution in [1.29, 1.82) is 0 Å². The minimum atomic E-state index is -3.95. The quantitative estimate of drug-likeness (QED) is 0.520. The van der Waals surface area contributed by atoms with Crippen molar-refractivity contribution in [3.05, 3.63) is 58.6 Å². The van der Waals surface area contributed by atoms with E-state index >= 15 is 0 Å². The summed E-state index contributed by atoms with van der Waals surface area (Å²) >= 11 is 6.26. The molecule has 0 aliphatic heterocycles. The summed E-state index contributed by atoms with van der Waals surface area (Å²) in [4.78, 5) is 12.5. The maximum absolute atomic E-state index is 13.6. The van der Waals surface area contributed by atoms with Crippen molar-refractivity contribution in [3.63, 3.8) is 0 Å².